The third kappa shape index (κ3) is 3.50. The molecule has 1 aliphatic carbocycles. The number of anilines is 2. The fourth-order valence-corrected chi connectivity index (χ4v) is 3.85. The van der Waals surface area contributed by atoms with Gasteiger partial charge in [-0.1, -0.05) is 0 Å². The number of fused-ring (bicyclic) bond motifs is 1. The Morgan fingerprint density at radius 2 is 2.07 bits per heavy atom. The first-order valence-electron chi connectivity index (χ1n) is 9.80. The number of aromatic nitrogens is 1. The quantitative estimate of drug-likeness (QED) is 0.841. The molecule has 3 heterocycles. The van der Waals surface area contributed by atoms with Crippen molar-refractivity contribution in [1.29, 1.82) is 0 Å². The number of nitrogens with one attached hydrogen (secondary N) is 1. The van der Waals surface area contributed by atoms with Gasteiger partial charge in [-0.15, -0.1) is 0 Å². The fraction of sp³-hybridized carbons (Fsp3) is 0.381. The van der Waals surface area contributed by atoms with E-state index in [-0.39, 0.29) is 30.7 Å². The molecule has 0 bridgehead atoms. The molecule has 2 aromatic rings. The molecule has 150 valence electrons. The summed E-state index contributed by atoms with van der Waals surface area (Å²) in [5.74, 6) is -0.268. The van der Waals surface area contributed by atoms with Gasteiger partial charge in [0.25, 0.3) is 0 Å². The molecule has 1 N–H and O–H groups in total. The number of hydrogen-bond acceptors (Lipinski definition) is 5. The van der Waals surface area contributed by atoms with E-state index in [9.17, 15) is 14.0 Å². The van der Waals surface area contributed by atoms with Crippen LogP contribution in [0.1, 0.15) is 24.0 Å². The van der Waals surface area contributed by atoms with Crippen LogP contribution in [-0.4, -0.2) is 36.2 Å². The Balaban J connectivity index is 1.25. The Kier molecular flexibility index (Phi) is 4.34. The number of nitrogens with zero attached hydrogens (tertiary/aromatic N) is 3. The van der Waals surface area contributed by atoms with E-state index in [0.29, 0.717) is 24.5 Å². The predicted molar refractivity (Wildman–Crippen MR) is 104 cm³/mol. The van der Waals surface area contributed by atoms with Crippen LogP contribution in [-0.2, 0) is 22.6 Å². The van der Waals surface area contributed by atoms with Gasteiger partial charge in [-0.2, -0.15) is 0 Å². The summed E-state index contributed by atoms with van der Waals surface area (Å²) >= 11 is 0. The van der Waals surface area contributed by atoms with E-state index in [2.05, 4.69) is 10.3 Å². The van der Waals surface area contributed by atoms with Crippen molar-refractivity contribution < 1.29 is 18.7 Å². The number of carbonyl (C=O) groups is 2. The number of cyclic esters (lactones) is 1. The van der Waals surface area contributed by atoms with Gasteiger partial charge in [-0.3, -0.25) is 14.7 Å². The zero-order chi connectivity index (χ0) is 20.0. The number of pyridine rings is 1. The predicted octanol–water partition coefficient (Wildman–Crippen LogP) is 2.59. The minimum atomic E-state index is -0.525. The first-order valence-corrected chi connectivity index (χ1v) is 9.80. The van der Waals surface area contributed by atoms with E-state index in [1.54, 1.807) is 18.3 Å². The summed E-state index contributed by atoms with van der Waals surface area (Å²) in [6.45, 7) is 1.79. The third-order valence-corrected chi connectivity index (χ3v) is 5.64. The van der Waals surface area contributed by atoms with E-state index in [1.165, 1.54) is 11.0 Å². The molecule has 0 unspecified atom stereocenters. The summed E-state index contributed by atoms with van der Waals surface area (Å²) < 4.78 is 20.2. The molecule has 3 aliphatic rings. The van der Waals surface area contributed by atoms with E-state index in [1.807, 2.05) is 17.2 Å². The lowest BCUT2D eigenvalue weighted by atomic mass is 10.2. The van der Waals surface area contributed by atoms with E-state index >= 15 is 0 Å². The molecule has 7 nitrogen and oxygen atoms in total. The van der Waals surface area contributed by atoms with Crippen molar-refractivity contribution in [3.05, 3.63) is 53.6 Å². The Hall–Kier alpha value is -3.16. The molecule has 29 heavy (non-hydrogen) atoms. The van der Waals surface area contributed by atoms with Crippen molar-refractivity contribution in [2.75, 3.05) is 22.9 Å². The number of rotatable bonds is 5. The summed E-state index contributed by atoms with van der Waals surface area (Å²) in [6.07, 6.45) is 4.43. The summed E-state index contributed by atoms with van der Waals surface area (Å²) in [4.78, 5) is 31.5. The lowest BCUT2D eigenvalue weighted by Crippen LogP contribution is -2.35. The lowest BCUT2D eigenvalue weighted by Gasteiger charge is -2.20. The number of carbonyl (C=O) groups excluding carboxylic acids is 2. The van der Waals surface area contributed by atoms with Crippen LogP contribution in [0.4, 0.5) is 20.6 Å². The molecule has 5 rings (SSSR count). The average Bonchev–Trinajstić information content (AvgIpc) is 3.37. The minimum absolute atomic E-state index is 0.0108. The van der Waals surface area contributed by atoms with Crippen LogP contribution in [0.2, 0.25) is 0 Å². The molecular formula is C21H21FN4O3. The average molecular weight is 396 g/mol. The summed E-state index contributed by atoms with van der Waals surface area (Å²) in [5, 5.41) is 2.82. The van der Waals surface area contributed by atoms with E-state index in [4.69, 9.17) is 4.74 Å². The molecular weight excluding hydrogens is 375 g/mol. The maximum atomic E-state index is 14.9. The molecule has 2 amide bonds. The maximum absolute atomic E-state index is 14.9. The third-order valence-electron chi connectivity index (χ3n) is 5.64. The second-order valence-corrected chi connectivity index (χ2v) is 7.77. The molecule has 8 heteroatoms. The molecule has 1 aromatic carbocycles. The van der Waals surface area contributed by atoms with Crippen molar-refractivity contribution >= 4 is 23.4 Å². The second-order valence-electron chi connectivity index (χ2n) is 7.77. The first-order chi connectivity index (χ1) is 14.1. The van der Waals surface area contributed by atoms with Crippen molar-refractivity contribution in [1.82, 2.24) is 10.3 Å². The van der Waals surface area contributed by atoms with Crippen LogP contribution in [0.25, 0.3) is 0 Å². The SMILES string of the molecule is O=C(NC[C@H]1CN(c2ccc(N3Cc4ccncc4C3)c(F)c2)C(=O)O1)C1CC1. The summed E-state index contributed by atoms with van der Waals surface area (Å²) in [7, 11) is 0. The number of amides is 2. The summed E-state index contributed by atoms with van der Waals surface area (Å²) in [6, 6.07) is 6.73. The number of halogens is 1. The normalized spacial score (nSPS) is 20.6. The minimum Gasteiger partial charge on any atom is -0.442 e. The monoisotopic (exact) mass is 396 g/mol. The molecule has 2 aliphatic heterocycles. The van der Waals surface area contributed by atoms with Gasteiger partial charge >= 0.3 is 6.09 Å². The number of hydrogen-bond donors (Lipinski definition) is 1. The van der Waals surface area contributed by atoms with Crippen LogP contribution in [0, 0.1) is 11.7 Å². The highest BCUT2D eigenvalue weighted by Gasteiger charge is 2.35. The molecule has 1 aromatic heterocycles. The fourth-order valence-electron chi connectivity index (χ4n) is 3.85. The Labute approximate surface area is 167 Å². The smallest absolute Gasteiger partial charge is 0.414 e. The van der Waals surface area contributed by atoms with Crippen LogP contribution in [0.15, 0.2) is 36.7 Å². The van der Waals surface area contributed by atoms with Crippen LogP contribution in [0.3, 0.4) is 0 Å². The molecule has 1 saturated heterocycles. The zero-order valence-electron chi connectivity index (χ0n) is 15.8. The van der Waals surface area contributed by atoms with Gasteiger partial charge in [0.2, 0.25) is 5.91 Å². The topological polar surface area (TPSA) is 74.8 Å². The van der Waals surface area contributed by atoms with Crippen molar-refractivity contribution in [2.45, 2.75) is 32.0 Å². The number of benzene rings is 1. The highest BCUT2D eigenvalue weighted by molar-refractivity contribution is 5.90. The highest BCUT2D eigenvalue weighted by Crippen LogP contribution is 2.33. The highest BCUT2D eigenvalue weighted by atomic mass is 19.1. The Morgan fingerprint density at radius 3 is 2.83 bits per heavy atom. The first kappa shape index (κ1) is 17.9. The van der Waals surface area contributed by atoms with Crippen molar-refractivity contribution in [3.63, 3.8) is 0 Å². The Morgan fingerprint density at radius 1 is 1.24 bits per heavy atom. The van der Waals surface area contributed by atoms with Gasteiger partial charge in [-0.25, -0.2) is 9.18 Å². The second kappa shape index (κ2) is 7.02. The van der Waals surface area contributed by atoms with E-state index < -0.39 is 12.2 Å². The number of ether oxygens (including phenoxy) is 1. The van der Waals surface area contributed by atoms with Crippen LogP contribution in [0.5, 0.6) is 0 Å². The molecule has 2 fully saturated rings. The standard InChI is InChI=1S/C21H21FN4O3/c22-18-7-16(3-4-19(18)25-10-14-5-6-23-8-15(14)11-25)26-12-17(29-21(26)28)9-24-20(27)13-1-2-13/h3-8,13,17H,1-2,9-12H2,(H,24,27)/t17-/m0/s1. The van der Waals surface area contributed by atoms with Gasteiger partial charge in [0.15, 0.2) is 0 Å². The van der Waals surface area contributed by atoms with Gasteiger partial charge in [0.05, 0.1) is 24.5 Å². The van der Waals surface area contributed by atoms with Crippen molar-refractivity contribution in [3.8, 4) is 0 Å². The van der Waals surface area contributed by atoms with Crippen LogP contribution >= 0.6 is 0 Å². The van der Waals surface area contributed by atoms with E-state index in [0.717, 1.165) is 24.0 Å². The Bertz CT molecular complexity index is 953. The lowest BCUT2D eigenvalue weighted by molar-refractivity contribution is -0.122. The van der Waals surface area contributed by atoms with Gasteiger partial charge in [-0.05, 0) is 48.2 Å². The molecule has 1 saturated carbocycles. The summed E-state index contributed by atoms with van der Waals surface area (Å²) in [5.41, 5.74) is 3.18. The van der Waals surface area contributed by atoms with Gasteiger partial charge in [0, 0.05) is 31.4 Å². The maximum Gasteiger partial charge on any atom is 0.414 e. The molecule has 0 spiro atoms. The van der Waals surface area contributed by atoms with Gasteiger partial charge in [0.1, 0.15) is 11.9 Å². The van der Waals surface area contributed by atoms with Gasteiger partial charge < -0.3 is 15.0 Å². The zero-order valence-corrected chi connectivity index (χ0v) is 15.8. The molecule has 0 radical (unpaired) electrons. The van der Waals surface area contributed by atoms with Crippen LogP contribution < -0.4 is 15.1 Å². The van der Waals surface area contributed by atoms with Crippen molar-refractivity contribution in [2.24, 2.45) is 5.92 Å². The molecule has 1 atom stereocenters. The largest absolute Gasteiger partial charge is 0.442 e.